The van der Waals surface area contributed by atoms with Crippen LogP contribution < -0.4 is 4.72 Å². The van der Waals surface area contributed by atoms with E-state index in [0.29, 0.717) is 20.6 Å². The van der Waals surface area contributed by atoms with Crippen LogP contribution >= 0.6 is 27.5 Å². The van der Waals surface area contributed by atoms with Crippen LogP contribution in [0.3, 0.4) is 0 Å². The number of pyridine rings is 1. The van der Waals surface area contributed by atoms with E-state index in [1.54, 1.807) is 6.07 Å². The number of imide groups is 1. The van der Waals surface area contributed by atoms with Gasteiger partial charge in [-0.25, -0.2) is 13.8 Å². The second kappa shape index (κ2) is 8.18. The standard InChI is InChI=1S/C21H11BrF2N4O4S2/c22-11-5-13-18(21(30)28(20(13)29)9-10-1-2-12(23)7-15(10)24)16(6-11)27-34(31,32)19-14-8-26-33-17(14)3-4-25-19/h1-8,27H,9H2. The number of nitrogens with one attached hydrogen (secondary N) is 1. The molecule has 2 aromatic carbocycles. The molecule has 0 saturated heterocycles. The van der Waals surface area contributed by atoms with Crippen LogP contribution in [0.25, 0.3) is 10.1 Å². The first-order valence-electron chi connectivity index (χ1n) is 9.51. The number of nitrogens with zero attached hydrogens (tertiary/aromatic N) is 3. The average molecular weight is 565 g/mol. The summed E-state index contributed by atoms with van der Waals surface area (Å²) in [5.41, 5.74) is -0.470. The van der Waals surface area contributed by atoms with Gasteiger partial charge in [0.1, 0.15) is 11.6 Å². The van der Waals surface area contributed by atoms with Crippen LogP contribution in [0.15, 0.2) is 58.3 Å². The lowest BCUT2D eigenvalue weighted by atomic mass is 10.1. The number of halogens is 3. The monoisotopic (exact) mass is 564 g/mol. The van der Waals surface area contributed by atoms with Gasteiger partial charge in [-0.15, -0.1) is 0 Å². The van der Waals surface area contributed by atoms with Crippen LogP contribution in [0.4, 0.5) is 14.5 Å². The lowest BCUT2D eigenvalue weighted by Gasteiger charge is -2.15. The highest BCUT2D eigenvalue weighted by atomic mass is 79.9. The first kappa shape index (κ1) is 22.5. The maximum absolute atomic E-state index is 14.1. The summed E-state index contributed by atoms with van der Waals surface area (Å²) in [6.45, 7) is -0.455. The lowest BCUT2D eigenvalue weighted by Crippen LogP contribution is -2.29. The minimum absolute atomic E-state index is 0.0667. The zero-order valence-corrected chi connectivity index (χ0v) is 20.0. The molecule has 0 bridgehead atoms. The van der Waals surface area contributed by atoms with Gasteiger partial charge in [0.2, 0.25) is 0 Å². The van der Waals surface area contributed by atoms with Crippen molar-refractivity contribution in [3.63, 3.8) is 0 Å². The Kier molecular flexibility index (Phi) is 5.41. The van der Waals surface area contributed by atoms with E-state index in [1.165, 1.54) is 24.5 Å². The number of rotatable bonds is 5. The van der Waals surface area contributed by atoms with Crippen molar-refractivity contribution in [1.82, 2.24) is 14.3 Å². The number of carbonyl (C=O) groups is 2. The smallest absolute Gasteiger partial charge is 0.277 e. The summed E-state index contributed by atoms with van der Waals surface area (Å²) in [5.74, 6) is -3.28. The first-order valence-corrected chi connectivity index (χ1v) is 12.6. The highest BCUT2D eigenvalue weighted by Gasteiger charge is 2.39. The van der Waals surface area contributed by atoms with Crippen molar-refractivity contribution in [2.75, 3.05) is 4.72 Å². The molecule has 34 heavy (non-hydrogen) atoms. The highest BCUT2D eigenvalue weighted by Crippen LogP contribution is 2.35. The largest absolute Gasteiger partial charge is 0.280 e. The third kappa shape index (κ3) is 3.75. The van der Waals surface area contributed by atoms with Crippen molar-refractivity contribution >= 4 is 65.1 Å². The molecule has 2 amide bonds. The van der Waals surface area contributed by atoms with E-state index in [0.717, 1.165) is 28.6 Å². The van der Waals surface area contributed by atoms with E-state index in [9.17, 15) is 26.8 Å². The van der Waals surface area contributed by atoms with Crippen LogP contribution in [0.5, 0.6) is 0 Å². The normalized spacial score (nSPS) is 13.6. The third-order valence-electron chi connectivity index (χ3n) is 5.13. The number of hydrogen-bond donors (Lipinski definition) is 1. The Morgan fingerprint density at radius 1 is 1.09 bits per heavy atom. The van der Waals surface area contributed by atoms with Gasteiger partial charge >= 0.3 is 0 Å². The van der Waals surface area contributed by atoms with Crippen LogP contribution in [-0.4, -0.2) is 34.5 Å². The molecule has 0 radical (unpaired) electrons. The fraction of sp³-hybridized carbons (Fsp3) is 0.0476. The number of benzene rings is 2. The Balaban J connectivity index is 1.54. The van der Waals surface area contributed by atoms with Gasteiger partial charge in [-0.2, -0.15) is 12.8 Å². The summed E-state index contributed by atoms with van der Waals surface area (Å²) in [6, 6.07) is 7.13. The van der Waals surface area contributed by atoms with E-state index in [4.69, 9.17) is 0 Å². The predicted molar refractivity (Wildman–Crippen MR) is 123 cm³/mol. The topological polar surface area (TPSA) is 109 Å². The molecule has 0 aliphatic carbocycles. The van der Waals surface area contributed by atoms with Gasteiger partial charge < -0.3 is 0 Å². The number of amides is 2. The molecule has 172 valence electrons. The molecule has 5 rings (SSSR count). The van der Waals surface area contributed by atoms with Gasteiger partial charge in [0.25, 0.3) is 21.8 Å². The zero-order valence-electron chi connectivity index (χ0n) is 16.8. The Labute approximate surface area is 203 Å². The molecule has 1 aliphatic rings. The maximum atomic E-state index is 14.1. The van der Waals surface area contributed by atoms with E-state index in [2.05, 4.69) is 30.0 Å². The van der Waals surface area contributed by atoms with Crippen LogP contribution in [-0.2, 0) is 16.6 Å². The molecule has 1 N–H and O–H groups in total. The second-order valence-corrected chi connectivity index (χ2v) is 10.6. The molecular weight excluding hydrogens is 554 g/mol. The number of aromatic nitrogens is 2. The molecule has 2 aromatic heterocycles. The van der Waals surface area contributed by atoms with Crippen LogP contribution in [0.1, 0.15) is 26.3 Å². The number of sulfonamides is 1. The fourth-order valence-electron chi connectivity index (χ4n) is 3.60. The molecule has 13 heteroatoms. The Bertz CT molecular complexity index is 1620. The van der Waals surface area contributed by atoms with E-state index < -0.39 is 40.0 Å². The van der Waals surface area contributed by atoms with Crippen molar-refractivity contribution in [2.24, 2.45) is 0 Å². The Hall–Kier alpha value is -3.29. The molecule has 4 aromatic rings. The molecule has 1 aliphatic heterocycles. The predicted octanol–water partition coefficient (Wildman–Crippen LogP) is 4.33. The summed E-state index contributed by atoms with van der Waals surface area (Å²) in [7, 11) is -4.28. The maximum Gasteiger partial charge on any atom is 0.280 e. The molecule has 0 spiro atoms. The molecular formula is C21H11BrF2N4O4S2. The van der Waals surface area contributed by atoms with Gasteiger partial charge in [-0.1, -0.05) is 22.0 Å². The molecule has 0 saturated carbocycles. The van der Waals surface area contributed by atoms with E-state index in [1.807, 2.05) is 0 Å². The van der Waals surface area contributed by atoms with Crippen molar-refractivity contribution in [3.05, 3.63) is 81.6 Å². The number of fused-ring (bicyclic) bond motifs is 2. The second-order valence-electron chi connectivity index (χ2n) is 7.27. The Morgan fingerprint density at radius 3 is 2.65 bits per heavy atom. The SMILES string of the molecule is O=C1c2cc(Br)cc(NS(=O)(=O)c3nccc4sncc34)c2C(=O)N1Cc1ccc(F)cc1F. The lowest BCUT2D eigenvalue weighted by molar-refractivity contribution is 0.0641. The minimum atomic E-state index is -4.28. The first-order chi connectivity index (χ1) is 16.2. The summed E-state index contributed by atoms with van der Waals surface area (Å²) in [4.78, 5) is 30.8. The number of carbonyl (C=O) groups excluding carboxylic acids is 2. The average Bonchev–Trinajstić information content (AvgIpc) is 3.34. The van der Waals surface area contributed by atoms with Gasteiger partial charge in [-0.05, 0) is 35.8 Å². The zero-order chi connectivity index (χ0) is 24.2. The summed E-state index contributed by atoms with van der Waals surface area (Å²) < 4.78 is 61.0. The van der Waals surface area contributed by atoms with Crippen LogP contribution in [0.2, 0.25) is 0 Å². The van der Waals surface area contributed by atoms with Crippen molar-refractivity contribution < 1.29 is 26.8 Å². The van der Waals surface area contributed by atoms with Crippen molar-refractivity contribution in [2.45, 2.75) is 11.6 Å². The molecule has 0 unspecified atom stereocenters. The van der Waals surface area contributed by atoms with E-state index in [-0.39, 0.29) is 27.4 Å². The number of anilines is 1. The van der Waals surface area contributed by atoms with Gasteiger partial charge in [0, 0.05) is 22.3 Å². The van der Waals surface area contributed by atoms with Gasteiger partial charge in [0.15, 0.2) is 5.03 Å². The molecule has 0 atom stereocenters. The number of hydrogen-bond acceptors (Lipinski definition) is 7. The fourth-order valence-corrected chi connectivity index (χ4v) is 5.96. The van der Waals surface area contributed by atoms with E-state index >= 15 is 0 Å². The summed E-state index contributed by atoms with van der Waals surface area (Å²) in [6.07, 6.45) is 2.70. The van der Waals surface area contributed by atoms with Gasteiger partial charge in [0.05, 0.1) is 39.6 Å². The van der Waals surface area contributed by atoms with Gasteiger partial charge in [-0.3, -0.25) is 19.2 Å². The van der Waals surface area contributed by atoms with Crippen LogP contribution in [0, 0.1) is 11.6 Å². The molecule has 8 nitrogen and oxygen atoms in total. The summed E-state index contributed by atoms with van der Waals surface area (Å²) >= 11 is 4.33. The molecule has 0 fully saturated rings. The molecule has 3 heterocycles. The van der Waals surface area contributed by atoms with Crippen molar-refractivity contribution in [3.8, 4) is 0 Å². The Morgan fingerprint density at radius 2 is 1.88 bits per heavy atom. The summed E-state index contributed by atoms with van der Waals surface area (Å²) in [5, 5.41) is 0.0249. The third-order valence-corrected chi connectivity index (χ3v) is 7.67. The minimum Gasteiger partial charge on any atom is -0.277 e. The van der Waals surface area contributed by atoms with Crippen molar-refractivity contribution in [1.29, 1.82) is 0 Å². The quantitative estimate of drug-likeness (QED) is 0.361. The highest BCUT2D eigenvalue weighted by molar-refractivity contribution is 9.10.